The molecule has 0 aliphatic rings. The summed E-state index contributed by atoms with van der Waals surface area (Å²) >= 11 is 0. The molecule has 1 aromatic rings. The number of benzene rings is 1. The van der Waals surface area contributed by atoms with Crippen LogP contribution in [0.2, 0.25) is 0 Å². The molecule has 3 nitrogen and oxygen atoms in total. The van der Waals surface area contributed by atoms with Crippen molar-refractivity contribution in [1.82, 2.24) is 0 Å². The van der Waals surface area contributed by atoms with Gasteiger partial charge in [0.2, 0.25) is 0 Å². The topological polar surface area (TPSA) is 35.5 Å². The van der Waals surface area contributed by atoms with Crippen LogP contribution in [0.4, 0.5) is 0 Å². The van der Waals surface area contributed by atoms with E-state index in [2.05, 4.69) is 6.58 Å². The maximum atomic E-state index is 12.2. The van der Waals surface area contributed by atoms with Gasteiger partial charge in [0.25, 0.3) is 0 Å². The molecule has 4 heteroatoms. The molecular weight excluding hydrogens is 223 g/mol. The molecule has 0 aliphatic carbocycles. The standard InChI is InChI=1S/C12H17O3P/c1-3-5-11-16(13,14-4-2)15-12-9-7-6-8-10-12/h4,6-10H,2-3,5,11H2,1H3. The molecule has 0 aliphatic heterocycles. The third kappa shape index (κ3) is 4.11. The summed E-state index contributed by atoms with van der Waals surface area (Å²) in [5.74, 6) is 0.559. The van der Waals surface area contributed by atoms with Crippen molar-refractivity contribution < 1.29 is 13.6 Å². The van der Waals surface area contributed by atoms with Gasteiger partial charge in [0.15, 0.2) is 0 Å². The van der Waals surface area contributed by atoms with Crippen molar-refractivity contribution in [2.75, 3.05) is 6.16 Å². The normalized spacial score (nSPS) is 13.8. The lowest BCUT2D eigenvalue weighted by molar-refractivity contribution is 0.354. The fourth-order valence-electron chi connectivity index (χ4n) is 1.23. The van der Waals surface area contributed by atoms with Gasteiger partial charge in [-0.3, -0.25) is 0 Å². The number of rotatable bonds is 7. The third-order valence-electron chi connectivity index (χ3n) is 2.01. The minimum atomic E-state index is -3.08. The van der Waals surface area contributed by atoms with Gasteiger partial charge in [0, 0.05) is 0 Å². The molecule has 0 saturated carbocycles. The minimum Gasteiger partial charge on any atom is -0.425 e. The Kier molecular flexibility index (Phi) is 5.13. The van der Waals surface area contributed by atoms with E-state index in [1.165, 1.54) is 6.26 Å². The van der Waals surface area contributed by atoms with E-state index in [0.717, 1.165) is 12.8 Å². The SMILES string of the molecule is C=COP(=O)(CCCC)Oc1ccccc1. The fourth-order valence-corrected chi connectivity index (χ4v) is 2.84. The molecule has 0 fully saturated rings. The van der Waals surface area contributed by atoms with Crippen LogP contribution in [0.3, 0.4) is 0 Å². The van der Waals surface area contributed by atoms with Gasteiger partial charge in [-0.05, 0) is 18.6 Å². The first-order valence-electron chi connectivity index (χ1n) is 5.33. The zero-order valence-corrected chi connectivity index (χ0v) is 10.4. The fraction of sp³-hybridized carbons (Fsp3) is 0.333. The second-order valence-corrected chi connectivity index (χ2v) is 5.43. The van der Waals surface area contributed by atoms with E-state index in [-0.39, 0.29) is 0 Å². The highest BCUT2D eigenvalue weighted by molar-refractivity contribution is 7.54. The van der Waals surface area contributed by atoms with Gasteiger partial charge in [-0.25, -0.2) is 4.57 Å². The molecule has 0 radical (unpaired) electrons. The van der Waals surface area contributed by atoms with Crippen LogP contribution in [0, 0.1) is 0 Å². The molecule has 88 valence electrons. The molecule has 0 heterocycles. The smallest absolute Gasteiger partial charge is 0.425 e. The summed E-state index contributed by atoms with van der Waals surface area (Å²) in [6.45, 7) is 5.45. The van der Waals surface area contributed by atoms with E-state index in [4.69, 9.17) is 9.05 Å². The number of hydrogen-bond acceptors (Lipinski definition) is 3. The largest absolute Gasteiger partial charge is 0.430 e. The van der Waals surface area contributed by atoms with Crippen LogP contribution in [0.1, 0.15) is 19.8 Å². The zero-order chi connectivity index (χ0) is 11.9. The second kappa shape index (κ2) is 6.39. The van der Waals surface area contributed by atoms with Gasteiger partial charge in [-0.2, -0.15) is 0 Å². The van der Waals surface area contributed by atoms with Crippen LogP contribution < -0.4 is 4.52 Å². The lowest BCUT2D eigenvalue weighted by atomic mass is 10.3. The maximum Gasteiger partial charge on any atom is 0.430 e. The molecule has 0 N–H and O–H groups in total. The van der Waals surface area contributed by atoms with Crippen molar-refractivity contribution in [3.05, 3.63) is 43.2 Å². The van der Waals surface area contributed by atoms with Gasteiger partial charge in [-0.1, -0.05) is 38.1 Å². The summed E-state index contributed by atoms with van der Waals surface area (Å²) in [6, 6.07) is 9.04. The summed E-state index contributed by atoms with van der Waals surface area (Å²) in [4.78, 5) is 0. The van der Waals surface area contributed by atoms with Crippen LogP contribution in [0.15, 0.2) is 43.2 Å². The predicted molar refractivity (Wildman–Crippen MR) is 65.7 cm³/mol. The molecule has 1 unspecified atom stereocenters. The number of para-hydroxylation sites is 1. The quantitative estimate of drug-likeness (QED) is 0.528. The van der Waals surface area contributed by atoms with Crippen molar-refractivity contribution in [3.8, 4) is 5.75 Å². The highest BCUT2D eigenvalue weighted by atomic mass is 31.2. The lowest BCUT2D eigenvalue weighted by Gasteiger charge is -2.17. The van der Waals surface area contributed by atoms with Gasteiger partial charge in [-0.15, -0.1) is 0 Å². The lowest BCUT2D eigenvalue weighted by Crippen LogP contribution is -1.99. The van der Waals surface area contributed by atoms with Crippen molar-refractivity contribution >= 4 is 7.60 Å². The molecule has 1 atom stereocenters. The van der Waals surface area contributed by atoms with Crippen molar-refractivity contribution in [2.24, 2.45) is 0 Å². The van der Waals surface area contributed by atoms with Gasteiger partial charge < -0.3 is 9.05 Å². The van der Waals surface area contributed by atoms with Crippen LogP contribution in [0.25, 0.3) is 0 Å². The summed E-state index contributed by atoms with van der Waals surface area (Å²) in [5, 5.41) is 0. The Hall–Kier alpha value is -1.21. The minimum absolute atomic E-state index is 0.407. The van der Waals surface area contributed by atoms with E-state index in [1.54, 1.807) is 12.1 Å². The Balaban J connectivity index is 2.70. The van der Waals surface area contributed by atoms with E-state index in [9.17, 15) is 4.57 Å². The average molecular weight is 240 g/mol. The maximum absolute atomic E-state index is 12.2. The Morgan fingerprint density at radius 3 is 2.62 bits per heavy atom. The summed E-state index contributed by atoms with van der Waals surface area (Å²) < 4.78 is 22.7. The molecule has 0 saturated heterocycles. The number of hydrogen-bond donors (Lipinski definition) is 0. The highest BCUT2D eigenvalue weighted by Gasteiger charge is 2.25. The summed E-state index contributed by atoms with van der Waals surface area (Å²) in [5.41, 5.74) is 0. The molecule has 0 amide bonds. The zero-order valence-electron chi connectivity index (χ0n) is 9.46. The highest BCUT2D eigenvalue weighted by Crippen LogP contribution is 2.49. The number of unbranched alkanes of at least 4 members (excludes halogenated alkanes) is 1. The first-order valence-corrected chi connectivity index (χ1v) is 7.06. The van der Waals surface area contributed by atoms with Crippen molar-refractivity contribution in [1.29, 1.82) is 0 Å². The third-order valence-corrected chi connectivity index (χ3v) is 3.83. The van der Waals surface area contributed by atoms with E-state index in [1.807, 2.05) is 25.1 Å². The van der Waals surface area contributed by atoms with E-state index < -0.39 is 7.60 Å². The molecule has 0 bridgehead atoms. The van der Waals surface area contributed by atoms with Gasteiger partial charge >= 0.3 is 7.60 Å². The van der Waals surface area contributed by atoms with E-state index >= 15 is 0 Å². The van der Waals surface area contributed by atoms with Crippen LogP contribution in [-0.4, -0.2) is 6.16 Å². The summed E-state index contributed by atoms with van der Waals surface area (Å²) in [6.07, 6.45) is 3.34. The second-order valence-electron chi connectivity index (χ2n) is 3.36. The monoisotopic (exact) mass is 240 g/mol. The Bertz CT molecular complexity index is 362. The Morgan fingerprint density at radius 1 is 1.38 bits per heavy atom. The van der Waals surface area contributed by atoms with E-state index in [0.29, 0.717) is 11.9 Å². The average Bonchev–Trinajstić information content (AvgIpc) is 2.28. The van der Waals surface area contributed by atoms with Crippen LogP contribution in [-0.2, 0) is 9.09 Å². The Labute approximate surface area is 96.6 Å². The molecule has 1 aromatic carbocycles. The Morgan fingerprint density at radius 2 is 2.06 bits per heavy atom. The van der Waals surface area contributed by atoms with Crippen LogP contribution >= 0.6 is 7.60 Å². The van der Waals surface area contributed by atoms with Crippen molar-refractivity contribution in [3.63, 3.8) is 0 Å². The van der Waals surface area contributed by atoms with Crippen molar-refractivity contribution in [2.45, 2.75) is 19.8 Å². The molecule has 0 spiro atoms. The molecular formula is C12H17O3P. The van der Waals surface area contributed by atoms with Gasteiger partial charge in [0.1, 0.15) is 5.75 Å². The van der Waals surface area contributed by atoms with Crippen LogP contribution in [0.5, 0.6) is 5.75 Å². The molecule has 0 aromatic heterocycles. The first kappa shape index (κ1) is 12.9. The molecule has 16 heavy (non-hydrogen) atoms. The first-order chi connectivity index (χ1) is 7.70. The predicted octanol–water partition coefficient (Wildman–Crippen LogP) is 4.22. The molecule has 1 rings (SSSR count). The summed E-state index contributed by atoms with van der Waals surface area (Å²) in [7, 11) is -3.08. The van der Waals surface area contributed by atoms with Gasteiger partial charge in [0.05, 0.1) is 12.4 Å².